The lowest BCUT2D eigenvalue weighted by atomic mass is 10.5. The van der Waals surface area contributed by atoms with Crippen molar-refractivity contribution in [1.29, 1.82) is 0 Å². The van der Waals surface area contributed by atoms with Gasteiger partial charge >= 0.3 is 0 Å². The van der Waals surface area contributed by atoms with Gasteiger partial charge in [-0.25, -0.2) is 0 Å². The van der Waals surface area contributed by atoms with Crippen LogP contribution in [0.4, 0.5) is 0 Å². The van der Waals surface area contributed by atoms with Crippen LogP contribution in [0, 0.1) is 6.42 Å². The highest BCUT2D eigenvalue weighted by Crippen LogP contribution is 2.08. The molecule has 1 atom stereocenters. The molecule has 0 fully saturated rings. The second-order valence-corrected chi connectivity index (χ2v) is 1.65. The fraction of sp³-hybridized carbons (Fsp3) is 0.333. The summed E-state index contributed by atoms with van der Waals surface area (Å²) in [6, 6.07) is 0. The average Bonchev–Trinajstić information content (AvgIpc) is 1.86. The molecule has 0 bridgehead atoms. The monoisotopic (exact) mass is 147 g/mol. The van der Waals surface area contributed by atoms with Crippen molar-refractivity contribution in [3.63, 3.8) is 0 Å². The van der Waals surface area contributed by atoms with E-state index < -0.39 is 0 Å². The minimum Gasteiger partial charge on any atom is -0.380 e. The van der Waals surface area contributed by atoms with Crippen molar-refractivity contribution < 1.29 is 4.84 Å². The number of rotatable bonds is 0. The van der Waals surface area contributed by atoms with Crippen molar-refractivity contribution >= 4 is 22.1 Å². The molecule has 2 nitrogen and oxygen atoms in total. The van der Waals surface area contributed by atoms with Crippen molar-refractivity contribution in [3.05, 3.63) is 6.42 Å². The Balaban J connectivity index is 2.32. The van der Waals surface area contributed by atoms with E-state index in [1.165, 1.54) is 6.21 Å². The van der Waals surface area contributed by atoms with E-state index in [0.717, 1.165) is 0 Å². The molecule has 0 N–H and O–H groups in total. The summed E-state index contributed by atoms with van der Waals surface area (Å²) in [5, 5.41) is 3.27. The quantitative estimate of drug-likeness (QED) is 0.465. The van der Waals surface area contributed by atoms with Gasteiger partial charge in [0.1, 0.15) is 0 Å². The van der Waals surface area contributed by atoms with Crippen LogP contribution in [0.1, 0.15) is 0 Å². The number of oxime groups is 1. The van der Waals surface area contributed by atoms with Crippen LogP contribution in [0.2, 0.25) is 0 Å². The largest absolute Gasteiger partial charge is 0.380 e. The van der Waals surface area contributed by atoms with E-state index in [4.69, 9.17) is 0 Å². The molecule has 0 spiro atoms. The summed E-state index contributed by atoms with van der Waals surface area (Å²) in [6.07, 6.45) is 4.21. The van der Waals surface area contributed by atoms with Gasteiger partial charge in [-0.2, -0.15) is 0 Å². The average molecular weight is 148 g/mol. The standard InChI is InChI=1S/C3H2BrNO/c4-3-1-2-5-6-3/h2-3H. The molecular weight excluding hydrogens is 146 g/mol. The van der Waals surface area contributed by atoms with Crippen molar-refractivity contribution in [2.45, 2.75) is 5.01 Å². The first kappa shape index (κ1) is 4.12. The third-order valence-corrected chi connectivity index (χ3v) is 0.843. The van der Waals surface area contributed by atoms with Crippen molar-refractivity contribution in [3.8, 4) is 0 Å². The molecule has 0 aromatic carbocycles. The lowest BCUT2D eigenvalue weighted by Crippen LogP contribution is -1.90. The highest BCUT2D eigenvalue weighted by Gasteiger charge is 2.06. The van der Waals surface area contributed by atoms with E-state index >= 15 is 0 Å². The van der Waals surface area contributed by atoms with Gasteiger partial charge in [0.2, 0.25) is 0 Å². The maximum absolute atomic E-state index is 4.53. The van der Waals surface area contributed by atoms with Crippen LogP contribution in [-0.4, -0.2) is 11.2 Å². The molecule has 0 saturated heterocycles. The van der Waals surface area contributed by atoms with Gasteiger partial charge in [0, 0.05) is 0 Å². The molecule has 1 heterocycles. The van der Waals surface area contributed by atoms with E-state index in [9.17, 15) is 0 Å². The zero-order chi connectivity index (χ0) is 4.41. The van der Waals surface area contributed by atoms with Gasteiger partial charge in [0.15, 0.2) is 5.01 Å². The first-order valence-corrected chi connectivity index (χ1v) is 2.39. The Kier molecular flexibility index (Phi) is 1.10. The molecule has 0 aliphatic carbocycles. The Morgan fingerprint density at radius 2 is 2.83 bits per heavy atom. The smallest absolute Gasteiger partial charge is 0.194 e. The number of hydrogen-bond donors (Lipinski definition) is 0. The normalized spacial score (nSPS) is 30.5. The van der Waals surface area contributed by atoms with E-state index in [-0.39, 0.29) is 5.01 Å². The number of halogens is 1. The lowest BCUT2D eigenvalue weighted by Gasteiger charge is -1.90. The Morgan fingerprint density at radius 1 is 2.00 bits per heavy atom. The second kappa shape index (κ2) is 1.60. The molecule has 0 aromatic rings. The van der Waals surface area contributed by atoms with Crippen LogP contribution in [0.3, 0.4) is 0 Å². The fourth-order valence-electron chi connectivity index (χ4n) is 0.203. The number of nitrogens with zero attached hydrogens (tertiary/aromatic N) is 1. The summed E-state index contributed by atoms with van der Waals surface area (Å²) < 4.78 is 0. The van der Waals surface area contributed by atoms with Gasteiger partial charge in [-0.15, -0.1) is 0 Å². The molecule has 0 aromatic heterocycles. The molecule has 1 rings (SSSR count). The summed E-state index contributed by atoms with van der Waals surface area (Å²) in [7, 11) is 0. The van der Waals surface area contributed by atoms with Crippen molar-refractivity contribution in [2.75, 3.05) is 0 Å². The third-order valence-electron chi connectivity index (χ3n) is 0.412. The Bertz CT molecular complexity index is 65.2. The van der Waals surface area contributed by atoms with Crippen LogP contribution in [0.25, 0.3) is 0 Å². The molecule has 1 aliphatic heterocycles. The summed E-state index contributed by atoms with van der Waals surface area (Å²) in [5.74, 6) is 0. The molecule has 3 heteroatoms. The maximum atomic E-state index is 4.53. The van der Waals surface area contributed by atoms with Gasteiger partial charge in [-0.05, 0) is 15.9 Å². The summed E-state index contributed by atoms with van der Waals surface area (Å²) in [4.78, 5) is 4.53. The third kappa shape index (κ3) is 0.712. The van der Waals surface area contributed by atoms with Crippen LogP contribution in [-0.2, 0) is 4.84 Å². The topological polar surface area (TPSA) is 21.6 Å². The zero-order valence-electron chi connectivity index (χ0n) is 2.89. The van der Waals surface area contributed by atoms with E-state index in [0.29, 0.717) is 0 Å². The fourth-order valence-corrected chi connectivity index (χ4v) is 0.418. The number of hydrogen-bond acceptors (Lipinski definition) is 2. The Labute approximate surface area is 44.3 Å². The van der Waals surface area contributed by atoms with E-state index in [1.54, 1.807) is 0 Å². The van der Waals surface area contributed by atoms with Gasteiger partial charge in [0.25, 0.3) is 0 Å². The van der Waals surface area contributed by atoms with Gasteiger partial charge in [0.05, 0.1) is 12.6 Å². The first-order chi connectivity index (χ1) is 2.89. The molecular formula is C3H2BrNO. The molecule has 0 saturated carbocycles. The summed E-state index contributed by atoms with van der Waals surface area (Å²) in [5.41, 5.74) is 0. The molecule has 1 aliphatic rings. The highest BCUT2D eigenvalue weighted by atomic mass is 79.9. The van der Waals surface area contributed by atoms with Crippen LogP contribution in [0.15, 0.2) is 5.16 Å². The molecule has 0 amide bonds. The minimum absolute atomic E-state index is 0.113. The zero-order valence-corrected chi connectivity index (χ0v) is 4.47. The van der Waals surface area contributed by atoms with Gasteiger partial charge in [-0.3, -0.25) is 0 Å². The number of alkyl halides is 1. The van der Waals surface area contributed by atoms with Gasteiger partial charge < -0.3 is 4.84 Å². The minimum atomic E-state index is -0.113. The lowest BCUT2D eigenvalue weighted by molar-refractivity contribution is 0.167. The summed E-state index contributed by atoms with van der Waals surface area (Å²) >= 11 is 3.08. The van der Waals surface area contributed by atoms with E-state index in [2.05, 4.69) is 32.3 Å². The molecule has 6 heavy (non-hydrogen) atoms. The van der Waals surface area contributed by atoms with Crippen LogP contribution in [0.5, 0.6) is 0 Å². The predicted octanol–water partition coefficient (Wildman–Crippen LogP) is 0.805. The SMILES string of the molecule is BrC1[C]C=NO1. The molecule has 2 radical (unpaired) electrons. The Morgan fingerprint density at radius 3 is 3.00 bits per heavy atom. The Hall–Kier alpha value is -0.0500. The molecule has 1 unspecified atom stereocenters. The molecule has 32 valence electrons. The summed E-state index contributed by atoms with van der Waals surface area (Å²) in [6.45, 7) is 0. The first-order valence-electron chi connectivity index (χ1n) is 1.47. The van der Waals surface area contributed by atoms with E-state index in [1.807, 2.05) is 0 Å². The van der Waals surface area contributed by atoms with Crippen molar-refractivity contribution in [1.82, 2.24) is 0 Å². The van der Waals surface area contributed by atoms with Crippen LogP contribution >= 0.6 is 15.9 Å². The van der Waals surface area contributed by atoms with Crippen molar-refractivity contribution in [2.24, 2.45) is 5.16 Å². The van der Waals surface area contributed by atoms with Crippen LogP contribution < -0.4 is 0 Å². The maximum Gasteiger partial charge on any atom is 0.194 e. The second-order valence-electron chi connectivity index (χ2n) is 0.823. The van der Waals surface area contributed by atoms with Gasteiger partial charge in [-0.1, -0.05) is 5.16 Å². The predicted molar refractivity (Wildman–Crippen MR) is 25.5 cm³/mol. The highest BCUT2D eigenvalue weighted by molar-refractivity contribution is 9.09.